The maximum Gasteiger partial charge on any atom is 0.162 e. The molecule has 0 aromatic rings. The Morgan fingerprint density at radius 2 is 2.17 bits per heavy atom. The predicted octanol–water partition coefficient (Wildman–Crippen LogP) is 1.57. The smallest absolute Gasteiger partial charge is 0.162 e. The van der Waals surface area contributed by atoms with Crippen LogP contribution < -0.4 is 0 Å². The average molecular weight is 165 g/mol. The van der Waals surface area contributed by atoms with E-state index in [1.807, 2.05) is 6.20 Å². The number of fused-ring (bicyclic) bond motifs is 1. The minimum absolute atomic E-state index is 0.300. The third-order valence-electron chi connectivity index (χ3n) is 3.09. The number of carbonyl (C=O) groups excluding carboxylic acids is 1. The quantitative estimate of drug-likeness (QED) is 0.543. The fourth-order valence-corrected chi connectivity index (χ4v) is 2.36. The second-order valence-corrected chi connectivity index (χ2v) is 3.84. The first-order valence-corrected chi connectivity index (χ1v) is 4.73. The molecule has 2 rings (SSSR count). The summed E-state index contributed by atoms with van der Waals surface area (Å²) >= 11 is 0. The highest BCUT2D eigenvalue weighted by Crippen LogP contribution is 2.31. The van der Waals surface area contributed by atoms with Crippen molar-refractivity contribution < 1.29 is 4.79 Å². The third-order valence-corrected chi connectivity index (χ3v) is 3.09. The molecular formula is C10H15NO. The molecule has 2 aliphatic rings. The Bertz CT molecular complexity index is 222. The van der Waals surface area contributed by atoms with Gasteiger partial charge in [-0.1, -0.05) is 12.8 Å². The molecule has 12 heavy (non-hydrogen) atoms. The lowest BCUT2D eigenvalue weighted by Crippen LogP contribution is -2.43. The van der Waals surface area contributed by atoms with Gasteiger partial charge in [0.1, 0.15) is 0 Å². The molecule has 0 aromatic heterocycles. The minimum atomic E-state index is 0.300. The van der Waals surface area contributed by atoms with E-state index >= 15 is 0 Å². The van der Waals surface area contributed by atoms with Crippen molar-refractivity contribution in [3.05, 3.63) is 12.3 Å². The lowest BCUT2D eigenvalue weighted by Gasteiger charge is -2.38. The minimum Gasteiger partial charge on any atom is -0.377 e. The largest absolute Gasteiger partial charge is 0.377 e. The first kappa shape index (κ1) is 7.84. The topological polar surface area (TPSA) is 20.3 Å². The van der Waals surface area contributed by atoms with Crippen LogP contribution in [-0.4, -0.2) is 23.8 Å². The molecule has 1 fully saturated rings. The summed E-state index contributed by atoms with van der Waals surface area (Å²) < 4.78 is 0. The molecule has 0 bridgehead atoms. The van der Waals surface area contributed by atoms with Crippen LogP contribution in [0.15, 0.2) is 12.3 Å². The van der Waals surface area contributed by atoms with E-state index in [-0.39, 0.29) is 0 Å². The van der Waals surface area contributed by atoms with Crippen LogP contribution in [0.2, 0.25) is 0 Å². The zero-order valence-electron chi connectivity index (χ0n) is 7.49. The molecule has 0 radical (unpaired) electrons. The van der Waals surface area contributed by atoms with Crippen LogP contribution in [-0.2, 0) is 4.79 Å². The number of hydrogen-bond donors (Lipinski definition) is 0. The van der Waals surface area contributed by atoms with E-state index in [2.05, 4.69) is 11.9 Å². The van der Waals surface area contributed by atoms with Crippen molar-refractivity contribution in [2.24, 2.45) is 5.92 Å². The van der Waals surface area contributed by atoms with Gasteiger partial charge in [-0.3, -0.25) is 4.79 Å². The number of hydrogen-bond acceptors (Lipinski definition) is 2. The van der Waals surface area contributed by atoms with Crippen molar-refractivity contribution in [1.29, 1.82) is 0 Å². The molecule has 0 amide bonds. The Labute approximate surface area is 73.2 Å². The van der Waals surface area contributed by atoms with Crippen LogP contribution >= 0.6 is 0 Å². The van der Waals surface area contributed by atoms with Crippen LogP contribution in [0.3, 0.4) is 0 Å². The van der Waals surface area contributed by atoms with Crippen LogP contribution in [0.1, 0.15) is 25.7 Å². The second kappa shape index (κ2) is 2.92. The van der Waals surface area contributed by atoms with E-state index in [1.165, 1.54) is 19.3 Å². The van der Waals surface area contributed by atoms with Gasteiger partial charge < -0.3 is 4.90 Å². The molecule has 0 unspecified atom stereocenters. The Hall–Kier alpha value is -0.790. The fourth-order valence-electron chi connectivity index (χ4n) is 2.36. The molecule has 1 saturated carbocycles. The Morgan fingerprint density at radius 3 is 2.92 bits per heavy atom. The zero-order chi connectivity index (χ0) is 8.55. The highest BCUT2D eigenvalue weighted by molar-refractivity contribution is 5.93. The molecule has 1 heterocycles. The van der Waals surface area contributed by atoms with Crippen molar-refractivity contribution in [2.75, 3.05) is 7.05 Å². The van der Waals surface area contributed by atoms with Gasteiger partial charge in [-0.2, -0.15) is 0 Å². The first-order valence-electron chi connectivity index (χ1n) is 4.73. The summed E-state index contributed by atoms with van der Waals surface area (Å²) in [6.07, 6.45) is 8.46. The SMILES string of the molecule is CN1C=CC(=O)[C@H]2CCCC[C@H]21. The number of ketones is 1. The van der Waals surface area contributed by atoms with E-state index in [9.17, 15) is 4.79 Å². The molecule has 2 atom stereocenters. The molecule has 1 aliphatic heterocycles. The summed E-state index contributed by atoms with van der Waals surface area (Å²) in [7, 11) is 2.08. The van der Waals surface area contributed by atoms with E-state index in [0.717, 1.165) is 6.42 Å². The Balaban J connectivity index is 2.20. The van der Waals surface area contributed by atoms with Gasteiger partial charge in [-0.15, -0.1) is 0 Å². The second-order valence-electron chi connectivity index (χ2n) is 3.84. The summed E-state index contributed by atoms with van der Waals surface area (Å²) in [4.78, 5) is 13.7. The van der Waals surface area contributed by atoms with E-state index in [1.54, 1.807) is 6.08 Å². The van der Waals surface area contributed by atoms with Gasteiger partial charge in [0.05, 0.1) is 0 Å². The summed E-state index contributed by atoms with van der Waals surface area (Å²) in [5, 5.41) is 0. The Kier molecular flexibility index (Phi) is 1.91. The molecule has 1 aliphatic carbocycles. The highest BCUT2D eigenvalue weighted by atomic mass is 16.1. The van der Waals surface area contributed by atoms with Crippen LogP contribution in [0, 0.1) is 5.92 Å². The average Bonchev–Trinajstić information content (AvgIpc) is 2.12. The van der Waals surface area contributed by atoms with Crippen molar-refractivity contribution in [3.63, 3.8) is 0 Å². The first-order chi connectivity index (χ1) is 5.79. The zero-order valence-corrected chi connectivity index (χ0v) is 7.49. The van der Waals surface area contributed by atoms with E-state index in [0.29, 0.717) is 17.7 Å². The summed E-state index contributed by atoms with van der Waals surface area (Å²) in [6, 6.07) is 0.497. The van der Waals surface area contributed by atoms with Crippen molar-refractivity contribution in [1.82, 2.24) is 4.90 Å². The molecule has 2 nitrogen and oxygen atoms in total. The molecule has 0 N–H and O–H groups in total. The molecule has 2 heteroatoms. The maximum atomic E-state index is 11.5. The predicted molar refractivity (Wildman–Crippen MR) is 47.7 cm³/mol. The van der Waals surface area contributed by atoms with Gasteiger partial charge in [-0.05, 0) is 18.9 Å². The normalized spacial score (nSPS) is 35.1. The van der Waals surface area contributed by atoms with Crippen LogP contribution in [0.4, 0.5) is 0 Å². The van der Waals surface area contributed by atoms with E-state index < -0.39 is 0 Å². The van der Waals surface area contributed by atoms with Gasteiger partial charge in [-0.25, -0.2) is 0 Å². The molecule has 0 spiro atoms. The van der Waals surface area contributed by atoms with Gasteiger partial charge in [0.25, 0.3) is 0 Å². The van der Waals surface area contributed by atoms with Crippen molar-refractivity contribution >= 4 is 5.78 Å². The van der Waals surface area contributed by atoms with Gasteiger partial charge in [0.15, 0.2) is 5.78 Å². The van der Waals surface area contributed by atoms with Crippen LogP contribution in [0.5, 0.6) is 0 Å². The molecular weight excluding hydrogens is 150 g/mol. The molecule has 0 saturated heterocycles. The van der Waals surface area contributed by atoms with Crippen LogP contribution in [0.25, 0.3) is 0 Å². The molecule has 0 aromatic carbocycles. The monoisotopic (exact) mass is 165 g/mol. The standard InChI is InChI=1S/C10H15NO/c1-11-7-6-10(12)8-4-2-3-5-9(8)11/h6-9H,2-5H2,1H3/t8-,9+/m0/s1. The summed E-state index contributed by atoms with van der Waals surface area (Å²) in [5.74, 6) is 0.645. The van der Waals surface area contributed by atoms with Crippen molar-refractivity contribution in [2.45, 2.75) is 31.7 Å². The lowest BCUT2D eigenvalue weighted by atomic mass is 9.79. The fraction of sp³-hybridized carbons (Fsp3) is 0.700. The summed E-state index contributed by atoms with van der Waals surface area (Å²) in [6.45, 7) is 0. The maximum absolute atomic E-state index is 11.5. The Morgan fingerprint density at radius 1 is 1.42 bits per heavy atom. The van der Waals surface area contributed by atoms with Gasteiger partial charge in [0.2, 0.25) is 0 Å². The number of nitrogens with zero attached hydrogens (tertiary/aromatic N) is 1. The number of carbonyl (C=O) groups is 1. The van der Waals surface area contributed by atoms with Gasteiger partial charge in [0, 0.05) is 25.2 Å². The lowest BCUT2D eigenvalue weighted by molar-refractivity contribution is -0.122. The molecule has 66 valence electrons. The summed E-state index contributed by atoms with van der Waals surface area (Å²) in [5.41, 5.74) is 0. The highest BCUT2D eigenvalue weighted by Gasteiger charge is 2.33. The number of rotatable bonds is 0. The third kappa shape index (κ3) is 1.15. The van der Waals surface area contributed by atoms with Gasteiger partial charge >= 0.3 is 0 Å². The van der Waals surface area contributed by atoms with Crippen molar-refractivity contribution in [3.8, 4) is 0 Å². The number of allylic oxidation sites excluding steroid dienone is 1. The van der Waals surface area contributed by atoms with E-state index in [4.69, 9.17) is 0 Å².